The molecule has 0 saturated heterocycles. The summed E-state index contributed by atoms with van der Waals surface area (Å²) in [5.74, 6) is -1.40. The molecule has 11 heteroatoms. The van der Waals surface area contributed by atoms with Gasteiger partial charge in [-0.2, -0.15) is 4.31 Å². The van der Waals surface area contributed by atoms with E-state index < -0.39 is 34.1 Å². The average molecular weight is 513 g/mol. The van der Waals surface area contributed by atoms with Gasteiger partial charge in [0.1, 0.15) is 11.8 Å². The fourth-order valence-corrected chi connectivity index (χ4v) is 5.11. The van der Waals surface area contributed by atoms with Crippen molar-refractivity contribution in [3.05, 3.63) is 95.0 Å². The predicted molar refractivity (Wildman–Crippen MR) is 121 cm³/mol. The molecule has 0 heterocycles. The van der Waals surface area contributed by atoms with Crippen molar-refractivity contribution >= 4 is 27.5 Å². The molecule has 1 atom stereocenters. The van der Waals surface area contributed by atoms with E-state index in [-0.39, 0.29) is 23.4 Å². The topological polar surface area (TPSA) is 89.7 Å². The highest BCUT2D eigenvalue weighted by Crippen LogP contribution is 2.31. The summed E-state index contributed by atoms with van der Waals surface area (Å²) < 4.78 is 70.5. The molecular weight excluding hydrogens is 493 g/mol. The van der Waals surface area contributed by atoms with Crippen LogP contribution in [0.2, 0.25) is 5.02 Å². The lowest BCUT2D eigenvalue weighted by Gasteiger charge is -2.29. The fourth-order valence-electron chi connectivity index (χ4n) is 3.40. The summed E-state index contributed by atoms with van der Waals surface area (Å²) in [6.07, 6.45) is -5.11. The third-order valence-corrected chi connectivity index (χ3v) is 7.02. The molecular formula is C23H20ClF3N2O4S. The smallest absolute Gasteiger partial charge is 0.406 e. The Balaban J connectivity index is 2.04. The molecule has 1 unspecified atom stereocenters. The summed E-state index contributed by atoms with van der Waals surface area (Å²) in [6.45, 7) is -0.355. The summed E-state index contributed by atoms with van der Waals surface area (Å²) >= 11 is 5.87. The van der Waals surface area contributed by atoms with Crippen molar-refractivity contribution in [1.82, 2.24) is 4.31 Å². The summed E-state index contributed by atoms with van der Waals surface area (Å²) in [5.41, 5.74) is 6.03. The Hall–Kier alpha value is -3.08. The Bertz CT molecular complexity index is 1240. The van der Waals surface area contributed by atoms with Crippen LogP contribution in [0.4, 0.5) is 13.2 Å². The second-order valence-corrected chi connectivity index (χ2v) is 9.52. The summed E-state index contributed by atoms with van der Waals surface area (Å²) in [7, 11) is -4.32. The van der Waals surface area contributed by atoms with E-state index >= 15 is 0 Å². The van der Waals surface area contributed by atoms with Gasteiger partial charge in [0.25, 0.3) is 0 Å². The number of carbonyl (C=O) groups is 1. The molecule has 0 fully saturated rings. The van der Waals surface area contributed by atoms with Gasteiger partial charge in [0.15, 0.2) is 0 Å². The van der Waals surface area contributed by atoms with E-state index in [1.165, 1.54) is 42.5 Å². The van der Waals surface area contributed by atoms with Crippen LogP contribution < -0.4 is 10.5 Å². The number of primary amides is 1. The number of nitrogens with zero attached hydrogens (tertiary/aromatic N) is 1. The SMILES string of the molecule is NC(=O)C(c1ccccc1)N(CCc1ccccc1OC(F)(F)F)S(=O)(=O)c1ccc(Cl)cc1. The lowest BCUT2D eigenvalue weighted by Crippen LogP contribution is -2.42. The molecule has 0 aliphatic carbocycles. The van der Waals surface area contributed by atoms with Crippen molar-refractivity contribution in [2.45, 2.75) is 23.7 Å². The maximum absolute atomic E-state index is 13.6. The Kier molecular flexibility index (Phi) is 7.86. The Morgan fingerprint density at radius 3 is 2.15 bits per heavy atom. The number of para-hydroxylation sites is 1. The molecule has 3 aromatic carbocycles. The lowest BCUT2D eigenvalue weighted by molar-refractivity contribution is -0.274. The Labute approximate surface area is 199 Å². The first kappa shape index (κ1) is 25.5. The standard InChI is InChI=1S/C23H20ClF3N2O4S/c24-18-10-12-19(13-11-18)34(31,32)29(21(22(28)30)17-7-2-1-3-8-17)15-14-16-6-4-5-9-20(16)33-23(25,26)27/h1-13,21H,14-15H2,(H2,28,30). The number of nitrogens with two attached hydrogens (primary N) is 1. The number of carbonyl (C=O) groups excluding carboxylic acids is 1. The van der Waals surface area contributed by atoms with Gasteiger partial charge >= 0.3 is 6.36 Å². The molecule has 180 valence electrons. The fraction of sp³-hybridized carbons (Fsp3) is 0.174. The van der Waals surface area contributed by atoms with Gasteiger partial charge < -0.3 is 10.5 Å². The van der Waals surface area contributed by atoms with Crippen LogP contribution in [0.3, 0.4) is 0 Å². The molecule has 1 amide bonds. The molecule has 2 N–H and O–H groups in total. The summed E-state index contributed by atoms with van der Waals surface area (Å²) in [6, 6.07) is 17.3. The largest absolute Gasteiger partial charge is 0.573 e. The zero-order chi connectivity index (χ0) is 24.9. The Morgan fingerprint density at radius 2 is 1.56 bits per heavy atom. The number of ether oxygens (including phenoxy) is 1. The minimum Gasteiger partial charge on any atom is -0.406 e. The molecule has 34 heavy (non-hydrogen) atoms. The quantitative estimate of drug-likeness (QED) is 0.450. The van der Waals surface area contributed by atoms with Crippen LogP contribution in [0.5, 0.6) is 5.75 Å². The minimum absolute atomic E-state index is 0.104. The minimum atomic E-state index is -4.93. The van der Waals surface area contributed by atoms with Crippen LogP contribution in [0.25, 0.3) is 0 Å². The number of rotatable bonds is 9. The average Bonchev–Trinajstić information content (AvgIpc) is 2.77. The zero-order valence-electron chi connectivity index (χ0n) is 17.6. The maximum atomic E-state index is 13.6. The van der Waals surface area contributed by atoms with E-state index in [9.17, 15) is 26.4 Å². The monoisotopic (exact) mass is 512 g/mol. The van der Waals surface area contributed by atoms with Gasteiger partial charge in [-0.25, -0.2) is 8.42 Å². The van der Waals surface area contributed by atoms with Gasteiger partial charge in [-0.3, -0.25) is 4.79 Å². The van der Waals surface area contributed by atoms with E-state index in [4.69, 9.17) is 17.3 Å². The Morgan fingerprint density at radius 1 is 0.971 bits per heavy atom. The first-order chi connectivity index (χ1) is 16.0. The van der Waals surface area contributed by atoms with Gasteiger partial charge in [-0.1, -0.05) is 60.1 Å². The second kappa shape index (κ2) is 10.5. The molecule has 0 aliphatic rings. The van der Waals surface area contributed by atoms with Gasteiger partial charge in [-0.15, -0.1) is 13.2 Å². The number of benzene rings is 3. The van der Waals surface area contributed by atoms with Gasteiger partial charge in [0.2, 0.25) is 15.9 Å². The predicted octanol–water partition coefficient (Wildman–Crippen LogP) is 4.70. The highest BCUT2D eigenvalue weighted by molar-refractivity contribution is 7.89. The van der Waals surface area contributed by atoms with Crippen LogP contribution in [0.15, 0.2) is 83.8 Å². The summed E-state index contributed by atoms with van der Waals surface area (Å²) in [5, 5.41) is 0.304. The maximum Gasteiger partial charge on any atom is 0.573 e. The molecule has 3 aromatic rings. The molecule has 6 nitrogen and oxygen atoms in total. The molecule has 0 saturated carbocycles. The second-order valence-electron chi connectivity index (χ2n) is 7.19. The van der Waals surface area contributed by atoms with E-state index in [0.717, 1.165) is 10.4 Å². The van der Waals surface area contributed by atoms with E-state index in [1.54, 1.807) is 30.3 Å². The number of hydrogen-bond acceptors (Lipinski definition) is 4. The molecule has 0 aliphatic heterocycles. The number of alkyl halides is 3. The molecule has 0 aromatic heterocycles. The number of sulfonamides is 1. The highest BCUT2D eigenvalue weighted by Gasteiger charge is 2.36. The van der Waals surface area contributed by atoms with Crippen molar-refractivity contribution < 1.29 is 31.1 Å². The van der Waals surface area contributed by atoms with Crippen molar-refractivity contribution in [2.75, 3.05) is 6.54 Å². The first-order valence-corrected chi connectivity index (χ1v) is 11.8. The van der Waals surface area contributed by atoms with Crippen molar-refractivity contribution in [1.29, 1.82) is 0 Å². The first-order valence-electron chi connectivity index (χ1n) is 9.94. The third kappa shape index (κ3) is 6.28. The van der Waals surface area contributed by atoms with Crippen molar-refractivity contribution in [2.24, 2.45) is 5.73 Å². The van der Waals surface area contributed by atoms with Crippen LogP contribution in [0, 0.1) is 0 Å². The number of hydrogen-bond donors (Lipinski definition) is 1. The normalized spacial score (nSPS) is 13.0. The van der Waals surface area contributed by atoms with Crippen LogP contribution in [0.1, 0.15) is 17.2 Å². The van der Waals surface area contributed by atoms with E-state index in [0.29, 0.717) is 10.6 Å². The van der Waals surface area contributed by atoms with Crippen molar-refractivity contribution in [3.8, 4) is 5.75 Å². The van der Waals surface area contributed by atoms with Crippen LogP contribution >= 0.6 is 11.6 Å². The molecule has 0 bridgehead atoms. The highest BCUT2D eigenvalue weighted by atomic mass is 35.5. The molecule has 0 radical (unpaired) electrons. The van der Waals surface area contributed by atoms with Gasteiger partial charge in [-0.05, 0) is 47.9 Å². The third-order valence-electron chi connectivity index (χ3n) is 4.89. The zero-order valence-corrected chi connectivity index (χ0v) is 19.1. The van der Waals surface area contributed by atoms with Crippen LogP contribution in [-0.2, 0) is 21.2 Å². The molecule has 3 rings (SSSR count). The van der Waals surface area contributed by atoms with Gasteiger partial charge in [0, 0.05) is 11.6 Å². The van der Waals surface area contributed by atoms with Crippen molar-refractivity contribution in [3.63, 3.8) is 0 Å². The number of halogens is 4. The van der Waals surface area contributed by atoms with E-state index in [2.05, 4.69) is 4.74 Å². The summed E-state index contributed by atoms with van der Waals surface area (Å²) in [4.78, 5) is 12.3. The van der Waals surface area contributed by atoms with Gasteiger partial charge in [0.05, 0.1) is 4.90 Å². The van der Waals surface area contributed by atoms with Crippen LogP contribution in [-0.4, -0.2) is 31.5 Å². The molecule has 0 spiro atoms. The number of amides is 1. The van der Waals surface area contributed by atoms with E-state index in [1.807, 2.05) is 0 Å². The lowest BCUT2D eigenvalue weighted by atomic mass is 10.1.